The number of phenolic OH excluding ortho intramolecular Hbond substituents is 1. The lowest BCUT2D eigenvalue weighted by molar-refractivity contribution is -0.123. The minimum atomic E-state index is -0.650. The molecule has 0 bridgehead atoms. The molecular formula is C17H26N6O5. The average Bonchev–Trinajstić information content (AvgIpc) is 2.49. The van der Waals surface area contributed by atoms with Crippen LogP contribution in [0.5, 0.6) is 5.75 Å². The summed E-state index contributed by atoms with van der Waals surface area (Å²) in [5.41, 5.74) is 22.4. The van der Waals surface area contributed by atoms with E-state index in [-0.39, 0.29) is 45.0 Å². The molecule has 1 aromatic rings. The summed E-state index contributed by atoms with van der Waals surface area (Å²) in [6.07, 6.45) is 0. The van der Waals surface area contributed by atoms with Gasteiger partial charge in [-0.15, -0.1) is 0 Å². The molecule has 154 valence electrons. The van der Waals surface area contributed by atoms with Gasteiger partial charge in [-0.3, -0.25) is 29.0 Å². The summed E-state index contributed by atoms with van der Waals surface area (Å²) in [6, 6.07) is 3.36. The lowest BCUT2D eigenvalue weighted by Gasteiger charge is -2.23. The van der Waals surface area contributed by atoms with Gasteiger partial charge in [0.1, 0.15) is 5.75 Å². The van der Waals surface area contributed by atoms with Gasteiger partial charge in [0.15, 0.2) is 0 Å². The van der Waals surface area contributed by atoms with E-state index in [1.54, 1.807) is 19.1 Å². The van der Waals surface area contributed by atoms with Crippen molar-refractivity contribution in [3.63, 3.8) is 0 Å². The number of amides is 4. The number of aromatic hydroxyl groups is 1. The summed E-state index contributed by atoms with van der Waals surface area (Å²) >= 11 is 0. The average molecular weight is 394 g/mol. The van der Waals surface area contributed by atoms with Crippen LogP contribution in [-0.2, 0) is 32.3 Å². The first kappa shape index (κ1) is 22.9. The maximum absolute atomic E-state index is 11.2. The molecule has 0 saturated heterocycles. The van der Waals surface area contributed by atoms with E-state index in [0.717, 1.165) is 5.56 Å². The Balaban J connectivity index is 3.14. The third-order valence-corrected chi connectivity index (χ3v) is 3.72. The standard InChI is InChI=1S/C17H26N6O5/c1-10-2-11(4-22(6-13(18)24)7-14(19)25)17(28)12(3-10)5-23(8-15(20)26)9-16(21)27/h2-3,28H,4-9H2,1H3,(H2,18,24)(H2,19,25)(H2,20,26)(H2,21,27). The van der Waals surface area contributed by atoms with E-state index in [1.165, 1.54) is 9.80 Å². The van der Waals surface area contributed by atoms with Crippen molar-refractivity contribution >= 4 is 23.6 Å². The minimum absolute atomic E-state index is 0.0397. The molecule has 4 amide bonds. The van der Waals surface area contributed by atoms with Crippen molar-refractivity contribution in [3.8, 4) is 5.75 Å². The summed E-state index contributed by atoms with van der Waals surface area (Å²) in [6.45, 7) is 0.978. The summed E-state index contributed by atoms with van der Waals surface area (Å²) in [7, 11) is 0. The van der Waals surface area contributed by atoms with Crippen molar-refractivity contribution in [1.82, 2.24) is 9.80 Å². The Hall–Kier alpha value is -3.18. The zero-order valence-corrected chi connectivity index (χ0v) is 15.7. The van der Waals surface area contributed by atoms with Crippen LogP contribution in [0.4, 0.5) is 0 Å². The van der Waals surface area contributed by atoms with Gasteiger partial charge in [0, 0.05) is 24.2 Å². The van der Waals surface area contributed by atoms with Gasteiger partial charge in [-0.2, -0.15) is 0 Å². The van der Waals surface area contributed by atoms with Crippen molar-refractivity contribution in [2.45, 2.75) is 20.0 Å². The molecule has 1 aromatic carbocycles. The summed E-state index contributed by atoms with van der Waals surface area (Å²) in [4.78, 5) is 47.7. The first-order valence-corrected chi connectivity index (χ1v) is 8.37. The highest BCUT2D eigenvalue weighted by Gasteiger charge is 2.19. The van der Waals surface area contributed by atoms with E-state index < -0.39 is 23.6 Å². The smallest absolute Gasteiger partial charge is 0.231 e. The molecule has 0 aromatic heterocycles. The van der Waals surface area contributed by atoms with Crippen LogP contribution < -0.4 is 22.9 Å². The first-order valence-electron chi connectivity index (χ1n) is 8.37. The number of hydrogen-bond acceptors (Lipinski definition) is 7. The Morgan fingerprint density at radius 1 is 0.750 bits per heavy atom. The molecule has 0 fully saturated rings. The number of aryl methyl sites for hydroxylation is 1. The first-order chi connectivity index (χ1) is 13.0. The Morgan fingerprint density at radius 2 is 1.04 bits per heavy atom. The number of hydrogen-bond donors (Lipinski definition) is 5. The molecule has 28 heavy (non-hydrogen) atoms. The SMILES string of the molecule is Cc1cc(CN(CC(N)=O)CC(N)=O)c(O)c(CN(CC(N)=O)CC(N)=O)c1. The number of carbonyl (C=O) groups excluding carboxylic acids is 4. The minimum Gasteiger partial charge on any atom is -0.507 e. The quantitative estimate of drug-likeness (QED) is 0.253. The fraction of sp³-hybridized carbons (Fsp3) is 0.412. The predicted octanol–water partition coefficient (Wildman–Crippen LogP) is -2.75. The van der Waals surface area contributed by atoms with E-state index in [1.807, 2.05) is 0 Å². The highest BCUT2D eigenvalue weighted by molar-refractivity contribution is 5.79. The van der Waals surface area contributed by atoms with Gasteiger partial charge in [0.25, 0.3) is 0 Å². The van der Waals surface area contributed by atoms with E-state index in [0.29, 0.717) is 11.1 Å². The van der Waals surface area contributed by atoms with Crippen molar-refractivity contribution < 1.29 is 24.3 Å². The molecule has 0 aliphatic heterocycles. The highest BCUT2D eigenvalue weighted by Crippen LogP contribution is 2.27. The molecule has 9 N–H and O–H groups in total. The largest absolute Gasteiger partial charge is 0.507 e. The van der Waals surface area contributed by atoms with Gasteiger partial charge in [-0.05, 0) is 6.92 Å². The molecule has 1 rings (SSSR count). The van der Waals surface area contributed by atoms with Gasteiger partial charge in [0.2, 0.25) is 23.6 Å². The van der Waals surface area contributed by atoms with E-state index in [9.17, 15) is 24.3 Å². The Morgan fingerprint density at radius 3 is 1.29 bits per heavy atom. The highest BCUT2D eigenvalue weighted by atomic mass is 16.3. The molecule has 0 aliphatic carbocycles. The molecule has 11 heteroatoms. The van der Waals surface area contributed by atoms with Crippen molar-refractivity contribution in [2.24, 2.45) is 22.9 Å². The molecule has 0 heterocycles. The Bertz CT molecular complexity index is 675. The maximum atomic E-state index is 11.2. The van der Waals surface area contributed by atoms with Crippen LogP contribution in [0.2, 0.25) is 0 Å². The van der Waals surface area contributed by atoms with Crippen LogP contribution in [0.25, 0.3) is 0 Å². The number of benzene rings is 1. The van der Waals surface area contributed by atoms with Gasteiger partial charge in [0.05, 0.1) is 26.2 Å². The molecule has 0 atom stereocenters. The Kier molecular flexibility index (Phi) is 8.35. The van der Waals surface area contributed by atoms with Crippen molar-refractivity contribution in [2.75, 3.05) is 26.2 Å². The molecule has 0 radical (unpaired) electrons. The van der Waals surface area contributed by atoms with E-state index in [2.05, 4.69) is 0 Å². The second-order valence-corrected chi connectivity index (χ2v) is 6.59. The zero-order valence-electron chi connectivity index (χ0n) is 15.7. The van der Waals surface area contributed by atoms with Crippen LogP contribution in [0, 0.1) is 6.92 Å². The molecular weight excluding hydrogens is 368 g/mol. The molecule has 0 aliphatic rings. The summed E-state index contributed by atoms with van der Waals surface area (Å²) in [5.74, 6) is -2.71. The fourth-order valence-electron chi connectivity index (χ4n) is 2.87. The van der Waals surface area contributed by atoms with E-state index >= 15 is 0 Å². The number of phenols is 1. The third kappa shape index (κ3) is 8.01. The monoisotopic (exact) mass is 394 g/mol. The third-order valence-electron chi connectivity index (χ3n) is 3.72. The lowest BCUT2D eigenvalue weighted by atomic mass is 10.0. The number of primary amides is 4. The molecule has 0 spiro atoms. The lowest BCUT2D eigenvalue weighted by Crippen LogP contribution is -2.39. The van der Waals surface area contributed by atoms with Gasteiger partial charge >= 0.3 is 0 Å². The maximum Gasteiger partial charge on any atom is 0.231 e. The second-order valence-electron chi connectivity index (χ2n) is 6.59. The molecule has 0 unspecified atom stereocenters. The van der Waals surface area contributed by atoms with Gasteiger partial charge < -0.3 is 28.0 Å². The van der Waals surface area contributed by atoms with Crippen molar-refractivity contribution in [1.29, 1.82) is 0 Å². The number of nitrogens with zero attached hydrogens (tertiary/aromatic N) is 2. The summed E-state index contributed by atoms with van der Waals surface area (Å²) < 4.78 is 0. The molecule has 11 nitrogen and oxygen atoms in total. The fourth-order valence-corrected chi connectivity index (χ4v) is 2.87. The van der Waals surface area contributed by atoms with Gasteiger partial charge in [-0.1, -0.05) is 17.7 Å². The number of nitrogens with two attached hydrogens (primary N) is 4. The van der Waals surface area contributed by atoms with Crippen molar-refractivity contribution in [3.05, 3.63) is 28.8 Å². The Labute approximate surface area is 162 Å². The normalized spacial score (nSPS) is 11.0. The van der Waals surface area contributed by atoms with Crippen LogP contribution in [0.3, 0.4) is 0 Å². The van der Waals surface area contributed by atoms with Crippen LogP contribution >= 0.6 is 0 Å². The number of carbonyl (C=O) groups is 4. The molecule has 0 saturated carbocycles. The topological polar surface area (TPSA) is 199 Å². The second kappa shape index (κ2) is 10.2. The summed E-state index contributed by atoms with van der Waals surface area (Å²) in [5, 5.41) is 10.6. The predicted molar refractivity (Wildman–Crippen MR) is 100 cm³/mol. The zero-order chi connectivity index (χ0) is 21.4. The van der Waals surface area contributed by atoms with E-state index in [4.69, 9.17) is 22.9 Å². The number of rotatable bonds is 12. The van der Waals surface area contributed by atoms with Gasteiger partial charge in [-0.25, -0.2) is 0 Å². The van der Waals surface area contributed by atoms with Crippen LogP contribution in [0.1, 0.15) is 16.7 Å². The van der Waals surface area contributed by atoms with Crippen LogP contribution in [-0.4, -0.2) is 64.7 Å². The van der Waals surface area contributed by atoms with Crippen LogP contribution in [0.15, 0.2) is 12.1 Å².